The minimum Gasteiger partial charge on any atom is -0.356 e. The summed E-state index contributed by atoms with van der Waals surface area (Å²) in [6.45, 7) is 2.60. The number of hydrogen-bond acceptors (Lipinski definition) is 2. The molecule has 1 aromatic rings. The van der Waals surface area contributed by atoms with Crippen LogP contribution in [-0.2, 0) is 4.79 Å². The average molecular weight is 468 g/mol. The Morgan fingerprint density at radius 3 is 2.65 bits per heavy atom. The van der Waals surface area contributed by atoms with Crippen LogP contribution in [0, 0.1) is 0 Å². The zero-order chi connectivity index (χ0) is 17.5. The molecule has 0 radical (unpaired) electrons. The normalized spacial score (nSPS) is 17.2. The number of halogens is 1. The van der Waals surface area contributed by atoms with Gasteiger partial charge in [-0.1, -0.05) is 36.4 Å². The molecular formula is C20H29IN4O. The largest absolute Gasteiger partial charge is 0.356 e. The molecule has 5 nitrogen and oxygen atoms in total. The number of amides is 1. The van der Waals surface area contributed by atoms with Gasteiger partial charge in [-0.05, 0) is 36.8 Å². The van der Waals surface area contributed by atoms with Crippen molar-refractivity contribution in [3.05, 3.63) is 42.0 Å². The summed E-state index contributed by atoms with van der Waals surface area (Å²) >= 11 is 0. The molecule has 26 heavy (non-hydrogen) atoms. The smallest absolute Gasteiger partial charge is 0.220 e. The lowest BCUT2D eigenvalue weighted by atomic mass is 10.00. The van der Waals surface area contributed by atoms with Gasteiger partial charge in [-0.3, -0.25) is 9.79 Å². The third-order valence-corrected chi connectivity index (χ3v) is 4.67. The van der Waals surface area contributed by atoms with Crippen molar-refractivity contribution in [3.63, 3.8) is 0 Å². The Balaban J connectivity index is 0.00000243. The van der Waals surface area contributed by atoms with E-state index in [0.717, 1.165) is 51.3 Å². The van der Waals surface area contributed by atoms with E-state index in [1.165, 1.54) is 11.1 Å². The van der Waals surface area contributed by atoms with Gasteiger partial charge in [0.2, 0.25) is 5.91 Å². The summed E-state index contributed by atoms with van der Waals surface area (Å²) in [6.07, 6.45) is 7.01. The number of guanidine groups is 1. The molecule has 0 aromatic heterocycles. The van der Waals surface area contributed by atoms with Crippen LogP contribution in [0.4, 0.5) is 0 Å². The molecule has 1 aliphatic heterocycles. The van der Waals surface area contributed by atoms with Crippen molar-refractivity contribution >= 4 is 41.4 Å². The first kappa shape index (κ1) is 20.7. The molecule has 1 heterocycles. The van der Waals surface area contributed by atoms with E-state index in [1.807, 2.05) is 7.05 Å². The highest BCUT2D eigenvalue weighted by Crippen LogP contribution is 2.22. The molecule has 1 saturated carbocycles. The summed E-state index contributed by atoms with van der Waals surface area (Å²) in [5, 5.41) is 6.41. The van der Waals surface area contributed by atoms with E-state index in [2.05, 4.69) is 56.9 Å². The number of carbonyl (C=O) groups is 1. The van der Waals surface area contributed by atoms with Gasteiger partial charge in [0.15, 0.2) is 5.96 Å². The van der Waals surface area contributed by atoms with Gasteiger partial charge in [-0.2, -0.15) is 0 Å². The highest BCUT2D eigenvalue weighted by Gasteiger charge is 2.22. The maximum Gasteiger partial charge on any atom is 0.220 e. The summed E-state index contributed by atoms with van der Waals surface area (Å²) in [7, 11) is 1.82. The second-order valence-corrected chi connectivity index (χ2v) is 6.71. The number of aliphatic imine (C=N–C) groups is 1. The molecule has 2 N–H and O–H groups in total. The lowest BCUT2D eigenvalue weighted by Crippen LogP contribution is -2.43. The Labute approximate surface area is 173 Å². The Kier molecular flexibility index (Phi) is 8.41. The predicted octanol–water partition coefficient (Wildman–Crippen LogP) is 3.03. The van der Waals surface area contributed by atoms with Gasteiger partial charge in [0, 0.05) is 39.1 Å². The fourth-order valence-corrected chi connectivity index (χ4v) is 3.08. The Morgan fingerprint density at radius 1 is 1.27 bits per heavy atom. The summed E-state index contributed by atoms with van der Waals surface area (Å²) in [5.41, 5.74) is 2.72. The Hall–Kier alpha value is -1.57. The van der Waals surface area contributed by atoms with Gasteiger partial charge >= 0.3 is 0 Å². The van der Waals surface area contributed by atoms with Crippen LogP contribution < -0.4 is 10.6 Å². The summed E-state index contributed by atoms with van der Waals surface area (Å²) in [6, 6.07) is 11.0. The van der Waals surface area contributed by atoms with Crippen LogP contribution in [0.1, 0.15) is 37.7 Å². The quantitative estimate of drug-likeness (QED) is 0.292. The number of hydrogen-bond donors (Lipinski definition) is 2. The summed E-state index contributed by atoms with van der Waals surface area (Å²) in [4.78, 5) is 18.3. The molecule has 142 valence electrons. The molecule has 0 spiro atoms. The van der Waals surface area contributed by atoms with Crippen molar-refractivity contribution < 1.29 is 4.79 Å². The van der Waals surface area contributed by atoms with Crippen LogP contribution >= 0.6 is 24.0 Å². The van der Waals surface area contributed by atoms with E-state index in [1.54, 1.807) is 0 Å². The number of rotatable bonds is 6. The molecule has 0 atom stereocenters. The van der Waals surface area contributed by atoms with Crippen molar-refractivity contribution in [1.82, 2.24) is 15.5 Å². The van der Waals surface area contributed by atoms with Crippen LogP contribution in [-0.4, -0.2) is 49.5 Å². The topological polar surface area (TPSA) is 56.7 Å². The van der Waals surface area contributed by atoms with E-state index >= 15 is 0 Å². The van der Waals surface area contributed by atoms with Crippen LogP contribution in [0.5, 0.6) is 0 Å². The zero-order valence-corrected chi connectivity index (χ0v) is 17.7. The zero-order valence-electron chi connectivity index (χ0n) is 15.4. The number of nitrogens with one attached hydrogen (secondary N) is 2. The third-order valence-electron chi connectivity index (χ3n) is 4.67. The fraction of sp³-hybridized carbons (Fsp3) is 0.500. The van der Waals surface area contributed by atoms with Gasteiger partial charge in [0.05, 0.1) is 0 Å². The maximum absolute atomic E-state index is 11.7. The molecule has 0 saturated heterocycles. The van der Waals surface area contributed by atoms with Gasteiger partial charge in [0.25, 0.3) is 0 Å². The van der Waals surface area contributed by atoms with E-state index in [9.17, 15) is 4.79 Å². The summed E-state index contributed by atoms with van der Waals surface area (Å²) in [5.74, 6) is 1.10. The maximum atomic E-state index is 11.7. The summed E-state index contributed by atoms with van der Waals surface area (Å²) < 4.78 is 0. The molecule has 2 aliphatic rings. The van der Waals surface area contributed by atoms with E-state index in [-0.39, 0.29) is 29.9 Å². The molecule has 0 bridgehead atoms. The second kappa shape index (κ2) is 10.5. The van der Waals surface area contributed by atoms with E-state index in [0.29, 0.717) is 12.5 Å². The number of nitrogens with zero attached hydrogens (tertiary/aromatic N) is 2. The number of carbonyl (C=O) groups excluding carboxylic acids is 1. The van der Waals surface area contributed by atoms with Gasteiger partial charge in [0.1, 0.15) is 0 Å². The highest BCUT2D eigenvalue weighted by molar-refractivity contribution is 14.0. The lowest BCUT2D eigenvalue weighted by molar-refractivity contribution is -0.121. The molecule has 1 aliphatic carbocycles. The van der Waals surface area contributed by atoms with E-state index < -0.39 is 0 Å². The molecule has 3 rings (SSSR count). The first-order valence-corrected chi connectivity index (χ1v) is 9.25. The van der Waals surface area contributed by atoms with Crippen molar-refractivity contribution in [2.75, 3.05) is 26.7 Å². The monoisotopic (exact) mass is 468 g/mol. The number of benzene rings is 1. The standard InChI is InChI=1S/C20H28N4O.HI/c1-21-20(22-13-5-8-19(25)23-18-9-10-18)24-14-11-17(12-15-24)16-6-3-2-4-7-16;/h2-4,6-7,11,18H,5,8-10,12-15H2,1H3,(H,21,22)(H,23,25);1H. The minimum atomic E-state index is 0. The van der Waals surface area contributed by atoms with Gasteiger partial charge in [-0.25, -0.2) is 0 Å². The van der Waals surface area contributed by atoms with Crippen molar-refractivity contribution in [2.45, 2.75) is 38.1 Å². The van der Waals surface area contributed by atoms with Gasteiger partial charge in [-0.15, -0.1) is 24.0 Å². The first-order valence-electron chi connectivity index (χ1n) is 9.25. The van der Waals surface area contributed by atoms with Crippen LogP contribution in [0.3, 0.4) is 0 Å². The van der Waals surface area contributed by atoms with Crippen LogP contribution in [0.25, 0.3) is 5.57 Å². The average Bonchev–Trinajstić information content (AvgIpc) is 3.47. The van der Waals surface area contributed by atoms with Crippen molar-refractivity contribution in [3.8, 4) is 0 Å². The molecule has 1 amide bonds. The minimum absolute atomic E-state index is 0. The Morgan fingerprint density at radius 2 is 2.04 bits per heavy atom. The SMILES string of the molecule is CN=C(NCCCC(=O)NC1CC1)N1CC=C(c2ccccc2)CC1.I. The molecule has 1 fully saturated rings. The Bertz CT molecular complexity index is 640. The molecule has 0 unspecified atom stereocenters. The first-order chi connectivity index (χ1) is 12.3. The third kappa shape index (κ3) is 6.30. The van der Waals surface area contributed by atoms with Crippen LogP contribution in [0.15, 0.2) is 41.4 Å². The van der Waals surface area contributed by atoms with E-state index in [4.69, 9.17) is 0 Å². The fourth-order valence-electron chi connectivity index (χ4n) is 3.08. The second-order valence-electron chi connectivity index (χ2n) is 6.71. The van der Waals surface area contributed by atoms with Gasteiger partial charge < -0.3 is 15.5 Å². The predicted molar refractivity (Wildman–Crippen MR) is 118 cm³/mol. The molecule has 6 heteroatoms. The van der Waals surface area contributed by atoms with Crippen LogP contribution in [0.2, 0.25) is 0 Å². The lowest BCUT2D eigenvalue weighted by Gasteiger charge is -2.29. The van der Waals surface area contributed by atoms with Crippen molar-refractivity contribution in [1.29, 1.82) is 0 Å². The molecule has 1 aromatic carbocycles. The van der Waals surface area contributed by atoms with Crippen molar-refractivity contribution in [2.24, 2.45) is 4.99 Å². The molecular weight excluding hydrogens is 439 g/mol. The highest BCUT2D eigenvalue weighted by atomic mass is 127.